The van der Waals surface area contributed by atoms with Gasteiger partial charge in [0, 0.05) is 53.1 Å². The fraction of sp³-hybridized carbons (Fsp3) is 0.526. The van der Waals surface area contributed by atoms with E-state index in [9.17, 15) is 9.59 Å². The molecule has 0 bridgehead atoms. The molecule has 2 amide bonds. The molecule has 1 aromatic heterocycles. The normalized spacial score (nSPS) is 15.8. The van der Waals surface area contributed by atoms with Gasteiger partial charge >= 0.3 is 0 Å². The number of hydrogen-bond donors (Lipinski definition) is 0. The van der Waals surface area contributed by atoms with Crippen LogP contribution in [0.25, 0.3) is 10.2 Å². The van der Waals surface area contributed by atoms with Gasteiger partial charge in [-0.2, -0.15) is 0 Å². The van der Waals surface area contributed by atoms with Crippen LogP contribution in [0.1, 0.15) is 17.8 Å². The van der Waals surface area contributed by atoms with Gasteiger partial charge in [-0.15, -0.1) is 11.3 Å². The highest BCUT2D eigenvalue weighted by Crippen LogP contribution is 2.22. The molecule has 1 aliphatic heterocycles. The van der Waals surface area contributed by atoms with Crippen molar-refractivity contribution in [2.24, 2.45) is 0 Å². The summed E-state index contributed by atoms with van der Waals surface area (Å²) in [4.78, 5) is 34.8. The predicted molar refractivity (Wildman–Crippen MR) is 104 cm³/mol. The first-order valence-corrected chi connectivity index (χ1v) is 9.89. The van der Waals surface area contributed by atoms with Crippen molar-refractivity contribution in [2.45, 2.75) is 19.3 Å². The fourth-order valence-electron chi connectivity index (χ4n) is 3.11. The van der Waals surface area contributed by atoms with Crippen LogP contribution in [0.2, 0.25) is 0 Å². The number of likely N-dealkylation sites (N-methyl/N-ethyl adjacent to an activating group) is 1. The van der Waals surface area contributed by atoms with Crippen molar-refractivity contribution in [1.29, 1.82) is 0 Å². The second-order valence-electron chi connectivity index (χ2n) is 6.87. The monoisotopic (exact) mass is 374 g/mol. The van der Waals surface area contributed by atoms with Gasteiger partial charge in [0.05, 0.1) is 21.8 Å². The number of rotatable bonds is 5. The van der Waals surface area contributed by atoms with E-state index < -0.39 is 0 Å². The van der Waals surface area contributed by atoms with E-state index in [1.807, 2.05) is 23.1 Å². The molecule has 3 rings (SSSR count). The Labute approximate surface area is 158 Å². The largest absolute Gasteiger partial charge is 0.348 e. The Morgan fingerprint density at radius 1 is 1.15 bits per heavy atom. The van der Waals surface area contributed by atoms with Crippen molar-refractivity contribution in [3.63, 3.8) is 0 Å². The standard InChI is InChI=1S/C19H26N4O2S/c1-21(2)19(25)14-22-10-5-11-23(13-12-22)18(24)9-8-17-20-15-6-3-4-7-16(15)26-17/h3-4,6-7H,5,8-14H2,1-2H3. The van der Waals surface area contributed by atoms with E-state index >= 15 is 0 Å². The van der Waals surface area contributed by atoms with Crippen LogP contribution in [-0.2, 0) is 16.0 Å². The molecule has 0 aliphatic carbocycles. The van der Waals surface area contributed by atoms with Crippen molar-refractivity contribution < 1.29 is 9.59 Å². The van der Waals surface area contributed by atoms with Gasteiger partial charge in [0.1, 0.15) is 0 Å². The molecule has 26 heavy (non-hydrogen) atoms. The lowest BCUT2D eigenvalue weighted by atomic mass is 10.2. The zero-order valence-electron chi connectivity index (χ0n) is 15.5. The maximum atomic E-state index is 12.6. The maximum Gasteiger partial charge on any atom is 0.236 e. The molecular weight excluding hydrogens is 348 g/mol. The third kappa shape index (κ3) is 4.80. The first-order valence-electron chi connectivity index (χ1n) is 9.07. The number of carbonyl (C=O) groups is 2. The second kappa shape index (κ2) is 8.60. The molecule has 0 spiro atoms. The number of aryl methyl sites for hydroxylation is 1. The molecule has 0 unspecified atom stereocenters. The summed E-state index contributed by atoms with van der Waals surface area (Å²) in [6, 6.07) is 8.08. The van der Waals surface area contributed by atoms with E-state index in [4.69, 9.17) is 0 Å². The average Bonchev–Trinajstić information content (AvgIpc) is 2.90. The Kier molecular flexibility index (Phi) is 6.21. The number of nitrogens with zero attached hydrogens (tertiary/aromatic N) is 4. The van der Waals surface area contributed by atoms with Gasteiger partial charge in [0.15, 0.2) is 0 Å². The lowest BCUT2D eigenvalue weighted by molar-refractivity contribution is -0.131. The average molecular weight is 375 g/mol. The molecule has 2 aromatic rings. The van der Waals surface area contributed by atoms with E-state index in [1.165, 1.54) is 4.70 Å². The van der Waals surface area contributed by atoms with Gasteiger partial charge in [0.25, 0.3) is 0 Å². The van der Waals surface area contributed by atoms with E-state index in [0.29, 0.717) is 25.9 Å². The number of para-hydroxylation sites is 1. The molecule has 0 radical (unpaired) electrons. The van der Waals surface area contributed by atoms with Crippen LogP contribution >= 0.6 is 11.3 Å². The number of amides is 2. The number of carbonyl (C=O) groups excluding carboxylic acids is 2. The smallest absolute Gasteiger partial charge is 0.236 e. The Balaban J connectivity index is 1.49. The molecule has 0 saturated carbocycles. The van der Waals surface area contributed by atoms with Crippen LogP contribution in [0.15, 0.2) is 24.3 Å². The van der Waals surface area contributed by atoms with Crippen molar-refractivity contribution >= 4 is 33.4 Å². The summed E-state index contributed by atoms with van der Waals surface area (Å²) in [5.74, 6) is 0.297. The third-order valence-corrected chi connectivity index (χ3v) is 5.79. The highest BCUT2D eigenvalue weighted by atomic mass is 32.1. The number of thiazole rings is 1. The van der Waals surface area contributed by atoms with Crippen LogP contribution < -0.4 is 0 Å². The Hall–Kier alpha value is -1.99. The van der Waals surface area contributed by atoms with E-state index in [0.717, 1.165) is 36.6 Å². The van der Waals surface area contributed by atoms with Crippen LogP contribution in [-0.4, -0.2) is 78.3 Å². The van der Waals surface area contributed by atoms with Crippen LogP contribution in [0.3, 0.4) is 0 Å². The minimum atomic E-state index is 0.112. The zero-order chi connectivity index (χ0) is 18.5. The van der Waals surface area contributed by atoms with Crippen molar-refractivity contribution in [2.75, 3.05) is 46.8 Å². The zero-order valence-corrected chi connectivity index (χ0v) is 16.3. The summed E-state index contributed by atoms with van der Waals surface area (Å²) < 4.78 is 1.17. The maximum absolute atomic E-state index is 12.6. The van der Waals surface area contributed by atoms with E-state index in [2.05, 4.69) is 16.0 Å². The first kappa shape index (κ1) is 18.8. The molecule has 1 aromatic carbocycles. The van der Waals surface area contributed by atoms with Crippen LogP contribution in [0.5, 0.6) is 0 Å². The highest BCUT2D eigenvalue weighted by molar-refractivity contribution is 7.18. The Morgan fingerprint density at radius 3 is 2.73 bits per heavy atom. The quantitative estimate of drug-likeness (QED) is 0.802. The number of benzene rings is 1. The van der Waals surface area contributed by atoms with Crippen LogP contribution in [0.4, 0.5) is 0 Å². The number of hydrogen-bond acceptors (Lipinski definition) is 5. The minimum Gasteiger partial charge on any atom is -0.348 e. The Morgan fingerprint density at radius 2 is 1.96 bits per heavy atom. The van der Waals surface area contributed by atoms with Crippen molar-refractivity contribution in [3.05, 3.63) is 29.3 Å². The predicted octanol–water partition coefficient (Wildman–Crippen LogP) is 1.85. The fourth-order valence-corrected chi connectivity index (χ4v) is 4.08. The van der Waals surface area contributed by atoms with E-state index in [-0.39, 0.29) is 11.8 Å². The van der Waals surface area contributed by atoms with Gasteiger partial charge < -0.3 is 9.80 Å². The molecule has 1 aliphatic rings. The van der Waals surface area contributed by atoms with Gasteiger partial charge in [0.2, 0.25) is 11.8 Å². The third-order valence-electron chi connectivity index (χ3n) is 4.69. The minimum absolute atomic E-state index is 0.112. The summed E-state index contributed by atoms with van der Waals surface area (Å²) in [5, 5.41) is 1.02. The number of aromatic nitrogens is 1. The molecule has 0 atom stereocenters. The first-order chi connectivity index (χ1) is 12.5. The van der Waals surface area contributed by atoms with Gasteiger partial charge in [-0.05, 0) is 18.6 Å². The van der Waals surface area contributed by atoms with Gasteiger partial charge in [-0.1, -0.05) is 12.1 Å². The summed E-state index contributed by atoms with van der Waals surface area (Å²) in [6.45, 7) is 3.51. The summed E-state index contributed by atoms with van der Waals surface area (Å²) in [5.41, 5.74) is 1.01. The topological polar surface area (TPSA) is 56.8 Å². The Bertz CT molecular complexity index is 741. The SMILES string of the molecule is CN(C)C(=O)CN1CCCN(C(=O)CCc2nc3ccccc3s2)CC1. The molecule has 6 nitrogen and oxygen atoms in total. The summed E-state index contributed by atoms with van der Waals surface area (Å²) >= 11 is 1.67. The van der Waals surface area contributed by atoms with Gasteiger partial charge in [-0.3, -0.25) is 14.5 Å². The molecule has 1 saturated heterocycles. The molecule has 1 fully saturated rings. The van der Waals surface area contributed by atoms with Crippen LogP contribution in [0, 0.1) is 0 Å². The molecule has 0 N–H and O–H groups in total. The molecule has 2 heterocycles. The second-order valence-corrected chi connectivity index (χ2v) is 7.99. The lowest BCUT2D eigenvalue weighted by Crippen LogP contribution is -2.39. The van der Waals surface area contributed by atoms with Crippen molar-refractivity contribution in [3.8, 4) is 0 Å². The molecular formula is C19H26N4O2S. The van der Waals surface area contributed by atoms with E-state index in [1.54, 1.807) is 30.3 Å². The van der Waals surface area contributed by atoms with Gasteiger partial charge in [-0.25, -0.2) is 4.98 Å². The highest BCUT2D eigenvalue weighted by Gasteiger charge is 2.21. The van der Waals surface area contributed by atoms with Crippen molar-refractivity contribution in [1.82, 2.24) is 19.7 Å². The lowest BCUT2D eigenvalue weighted by Gasteiger charge is -2.22. The number of fused-ring (bicyclic) bond motifs is 1. The summed E-state index contributed by atoms with van der Waals surface area (Å²) in [6.07, 6.45) is 2.10. The molecule has 7 heteroatoms. The summed E-state index contributed by atoms with van der Waals surface area (Å²) in [7, 11) is 3.55. The molecule has 140 valence electrons.